The van der Waals surface area contributed by atoms with Crippen LogP contribution >= 0.6 is 0 Å². The molecule has 5 nitrogen and oxygen atoms in total. The third-order valence-corrected chi connectivity index (χ3v) is 3.11. The van der Waals surface area contributed by atoms with Gasteiger partial charge in [0.1, 0.15) is 5.75 Å². The maximum atomic E-state index is 11.3. The van der Waals surface area contributed by atoms with Crippen LogP contribution in [0.15, 0.2) is 41.7 Å². The molecule has 0 fully saturated rings. The molecular formula is C12H12N2O3S. The fraction of sp³-hybridized carbons (Fsp3) is 0.167. The van der Waals surface area contributed by atoms with E-state index >= 15 is 0 Å². The van der Waals surface area contributed by atoms with Crippen LogP contribution in [0.5, 0.6) is 11.6 Å². The molecule has 0 N–H and O–H groups in total. The standard InChI is InChI=1S/C12H12N2O3S/c1-9-5-3-4-6-10(9)17-11-7-8-13-12(14-11)18(2,15)16/h3-8H,1-2H3. The van der Waals surface area contributed by atoms with Gasteiger partial charge in [0.2, 0.25) is 20.9 Å². The van der Waals surface area contributed by atoms with E-state index in [4.69, 9.17) is 4.74 Å². The van der Waals surface area contributed by atoms with Crippen molar-refractivity contribution in [1.29, 1.82) is 0 Å². The number of ether oxygens (including phenoxy) is 1. The van der Waals surface area contributed by atoms with Gasteiger partial charge in [-0.3, -0.25) is 0 Å². The number of hydrogen-bond donors (Lipinski definition) is 0. The molecule has 2 rings (SSSR count). The summed E-state index contributed by atoms with van der Waals surface area (Å²) in [5, 5.41) is -0.242. The first-order valence-electron chi connectivity index (χ1n) is 5.23. The third kappa shape index (κ3) is 2.84. The number of hydrogen-bond acceptors (Lipinski definition) is 5. The average Bonchev–Trinajstić information content (AvgIpc) is 2.31. The molecule has 94 valence electrons. The molecule has 18 heavy (non-hydrogen) atoms. The van der Waals surface area contributed by atoms with Crippen molar-refractivity contribution in [2.45, 2.75) is 12.1 Å². The Labute approximate surface area is 105 Å². The molecule has 0 saturated heterocycles. The van der Waals surface area contributed by atoms with Crippen molar-refractivity contribution in [2.24, 2.45) is 0 Å². The molecule has 0 aliphatic rings. The van der Waals surface area contributed by atoms with Crippen LogP contribution < -0.4 is 4.74 Å². The van der Waals surface area contributed by atoms with E-state index in [1.165, 1.54) is 12.3 Å². The van der Waals surface area contributed by atoms with Crippen molar-refractivity contribution in [1.82, 2.24) is 9.97 Å². The fourth-order valence-corrected chi connectivity index (χ4v) is 1.85. The van der Waals surface area contributed by atoms with Gasteiger partial charge in [-0.15, -0.1) is 0 Å². The number of sulfone groups is 1. The highest BCUT2D eigenvalue weighted by molar-refractivity contribution is 7.90. The van der Waals surface area contributed by atoms with Crippen molar-refractivity contribution in [3.63, 3.8) is 0 Å². The lowest BCUT2D eigenvalue weighted by Crippen LogP contribution is -2.04. The van der Waals surface area contributed by atoms with E-state index in [9.17, 15) is 8.42 Å². The van der Waals surface area contributed by atoms with Crippen LogP contribution in [0.3, 0.4) is 0 Å². The molecule has 0 radical (unpaired) electrons. The number of aryl methyl sites for hydroxylation is 1. The highest BCUT2D eigenvalue weighted by atomic mass is 32.2. The summed E-state index contributed by atoms with van der Waals surface area (Å²) in [5.74, 6) is 0.843. The lowest BCUT2D eigenvalue weighted by Gasteiger charge is -2.07. The monoisotopic (exact) mass is 264 g/mol. The molecular weight excluding hydrogens is 252 g/mol. The van der Waals surface area contributed by atoms with Crippen molar-refractivity contribution in [3.05, 3.63) is 42.1 Å². The van der Waals surface area contributed by atoms with E-state index in [1.54, 1.807) is 6.07 Å². The first-order valence-corrected chi connectivity index (χ1v) is 7.12. The molecule has 1 heterocycles. The SMILES string of the molecule is Cc1ccccc1Oc1ccnc(S(C)(=O)=O)n1. The number of para-hydroxylation sites is 1. The predicted octanol–water partition coefficient (Wildman–Crippen LogP) is 1.98. The van der Waals surface area contributed by atoms with Crippen molar-refractivity contribution in [2.75, 3.05) is 6.26 Å². The Morgan fingerprint density at radius 3 is 2.56 bits per heavy atom. The van der Waals surface area contributed by atoms with Gasteiger partial charge < -0.3 is 4.74 Å². The van der Waals surface area contributed by atoms with E-state index in [1.807, 2.05) is 25.1 Å². The minimum Gasteiger partial charge on any atom is -0.439 e. The minimum absolute atomic E-state index is 0.208. The summed E-state index contributed by atoms with van der Waals surface area (Å²) in [6.07, 6.45) is 2.41. The molecule has 1 aromatic heterocycles. The Bertz CT molecular complexity index is 669. The molecule has 0 atom stereocenters. The number of rotatable bonds is 3. The molecule has 0 amide bonds. The average molecular weight is 264 g/mol. The second kappa shape index (κ2) is 4.73. The second-order valence-electron chi connectivity index (χ2n) is 3.82. The summed E-state index contributed by atoms with van der Waals surface area (Å²) in [6, 6.07) is 8.93. The summed E-state index contributed by atoms with van der Waals surface area (Å²) in [4.78, 5) is 7.55. The van der Waals surface area contributed by atoms with Crippen molar-refractivity contribution < 1.29 is 13.2 Å². The number of aromatic nitrogens is 2. The lowest BCUT2D eigenvalue weighted by atomic mass is 10.2. The number of nitrogens with zero attached hydrogens (tertiary/aromatic N) is 2. The molecule has 0 aliphatic carbocycles. The zero-order valence-corrected chi connectivity index (χ0v) is 10.8. The van der Waals surface area contributed by atoms with E-state index in [0.29, 0.717) is 5.75 Å². The Balaban J connectivity index is 2.34. The van der Waals surface area contributed by atoms with Crippen LogP contribution in [-0.4, -0.2) is 24.6 Å². The summed E-state index contributed by atoms with van der Waals surface area (Å²) < 4.78 is 28.2. The number of benzene rings is 1. The van der Waals surface area contributed by atoms with Crippen LogP contribution in [0.25, 0.3) is 0 Å². The summed E-state index contributed by atoms with van der Waals surface area (Å²) in [5.41, 5.74) is 0.942. The van der Waals surface area contributed by atoms with Gasteiger partial charge >= 0.3 is 0 Å². The summed E-state index contributed by atoms with van der Waals surface area (Å²) >= 11 is 0. The fourth-order valence-electron chi connectivity index (χ4n) is 1.34. The van der Waals surface area contributed by atoms with E-state index < -0.39 is 9.84 Å². The van der Waals surface area contributed by atoms with Crippen LogP contribution in [0.4, 0.5) is 0 Å². The molecule has 1 aromatic carbocycles. The smallest absolute Gasteiger partial charge is 0.250 e. The predicted molar refractivity (Wildman–Crippen MR) is 66.4 cm³/mol. The molecule has 0 bridgehead atoms. The molecule has 0 aliphatic heterocycles. The molecule has 6 heteroatoms. The normalized spacial score (nSPS) is 11.2. The van der Waals surface area contributed by atoms with Gasteiger partial charge in [-0.2, -0.15) is 4.98 Å². The Hall–Kier alpha value is -1.95. The summed E-state index contributed by atoms with van der Waals surface area (Å²) in [7, 11) is -3.43. The largest absolute Gasteiger partial charge is 0.439 e. The first kappa shape index (κ1) is 12.5. The maximum Gasteiger partial charge on any atom is 0.250 e. The zero-order valence-electron chi connectivity index (χ0n) is 9.99. The van der Waals surface area contributed by atoms with Gasteiger partial charge in [0, 0.05) is 18.5 Å². The Kier molecular flexibility index (Phi) is 3.29. The van der Waals surface area contributed by atoms with Gasteiger partial charge in [-0.25, -0.2) is 13.4 Å². The third-order valence-electron chi connectivity index (χ3n) is 2.25. The Morgan fingerprint density at radius 1 is 1.17 bits per heavy atom. The van der Waals surface area contributed by atoms with Crippen LogP contribution in [0.1, 0.15) is 5.56 Å². The van der Waals surface area contributed by atoms with E-state index in [-0.39, 0.29) is 11.0 Å². The van der Waals surface area contributed by atoms with Crippen LogP contribution in [-0.2, 0) is 9.84 Å². The molecule has 0 spiro atoms. The van der Waals surface area contributed by atoms with Gasteiger partial charge in [-0.1, -0.05) is 18.2 Å². The Morgan fingerprint density at radius 2 is 1.89 bits per heavy atom. The van der Waals surface area contributed by atoms with Gasteiger partial charge in [0.15, 0.2) is 0 Å². The van der Waals surface area contributed by atoms with Crippen molar-refractivity contribution >= 4 is 9.84 Å². The highest BCUT2D eigenvalue weighted by Crippen LogP contribution is 2.23. The van der Waals surface area contributed by atoms with Crippen LogP contribution in [0.2, 0.25) is 0 Å². The zero-order chi connectivity index (χ0) is 13.2. The van der Waals surface area contributed by atoms with Gasteiger partial charge in [0.25, 0.3) is 0 Å². The quantitative estimate of drug-likeness (QED) is 0.793. The van der Waals surface area contributed by atoms with E-state index in [0.717, 1.165) is 11.8 Å². The molecule has 2 aromatic rings. The topological polar surface area (TPSA) is 69.2 Å². The van der Waals surface area contributed by atoms with Gasteiger partial charge in [-0.05, 0) is 18.6 Å². The van der Waals surface area contributed by atoms with Crippen molar-refractivity contribution in [3.8, 4) is 11.6 Å². The minimum atomic E-state index is -3.43. The lowest BCUT2D eigenvalue weighted by molar-refractivity contribution is 0.450. The maximum absolute atomic E-state index is 11.3. The molecule has 0 saturated carbocycles. The summed E-state index contributed by atoms with van der Waals surface area (Å²) in [6.45, 7) is 1.90. The first-order chi connectivity index (χ1) is 8.47. The van der Waals surface area contributed by atoms with E-state index in [2.05, 4.69) is 9.97 Å². The van der Waals surface area contributed by atoms with Crippen LogP contribution in [0, 0.1) is 6.92 Å². The molecule has 0 unspecified atom stereocenters. The highest BCUT2D eigenvalue weighted by Gasteiger charge is 2.12. The second-order valence-corrected chi connectivity index (χ2v) is 5.73. The van der Waals surface area contributed by atoms with Gasteiger partial charge in [0.05, 0.1) is 0 Å².